The Hall–Kier alpha value is -1.38. The lowest BCUT2D eigenvalue weighted by molar-refractivity contribution is 0.0128. The summed E-state index contributed by atoms with van der Waals surface area (Å²) in [6.45, 7) is 21.6. The summed E-state index contributed by atoms with van der Waals surface area (Å²) in [7, 11) is 0. The molecule has 3 nitrogen and oxygen atoms in total. The van der Waals surface area contributed by atoms with Gasteiger partial charge in [0.05, 0.1) is 0 Å². The highest BCUT2D eigenvalue weighted by atomic mass is 16.2. The van der Waals surface area contributed by atoms with E-state index in [1.165, 1.54) is 11.1 Å². The first-order chi connectivity index (χ1) is 10.4. The Balaban J connectivity index is 2.89. The minimum atomic E-state index is -0.260. The third-order valence-corrected chi connectivity index (χ3v) is 6.03. The predicted molar refractivity (Wildman–Crippen MR) is 96.2 cm³/mol. The second kappa shape index (κ2) is 5.32. The molecule has 1 aliphatic heterocycles. The Morgan fingerprint density at radius 1 is 0.957 bits per heavy atom. The van der Waals surface area contributed by atoms with E-state index in [4.69, 9.17) is 4.98 Å². The fourth-order valence-corrected chi connectivity index (χ4v) is 4.15. The van der Waals surface area contributed by atoms with Crippen LogP contribution in [0, 0.1) is 13.8 Å². The smallest absolute Gasteiger partial charge is 0.273 e. The van der Waals surface area contributed by atoms with Gasteiger partial charge in [0.15, 0.2) is 0 Å². The Kier molecular flexibility index (Phi) is 4.16. The van der Waals surface area contributed by atoms with Gasteiger partial charge in [-0.3, -0.25) is 4.79 Å². The summed E-state index contributed by atoms with van der Waals surface area (Å²) in [6.07, 6.45) is 0. The van der Waals surface area contributed by atoms with Gasteiger partial charge in [0.2, 0.25) is 0 Å². The highest BCUT2D eigenvalue weighted by molar-refractivity contribution is 5.97. The molecule has 1 aliphatic rings. The van der Waals surface area contributed by atoms with Crippen LogP contribution in [0.5, 0.6) is 0 Å². The van der Waals surface area contributed by atoms with Gasteiger partial charge in [-0.15, -0.1) is 0 Å². The summed E-state index contributed by atoms with van der Waals surface area (Å²) in [6, 6.07) is 0.149. The van der Waals surface area contributed by atoms with E-state index in [0.29, 0.717) is 11.6 Å². The molecule has 1 aromatic rings. The Morgan fingerprint density at radius 2 is 1.48 bits per heavy atom. The van der Waals surface area contributed by atoms with Crippen molar-refractivity contribution >= 4 is 5.91 Å². The third kappa shape index (κ3) is 2.31. The standard InChI is InChI=1S/C20H32N2O/c1-11(2)16-14(6)13(5)15-17(21-16)18(23)22(12(3)4)20(9,10)19(15,7)8/h11-12H,1-10H3. The normalized spacial score (nSPS) is 19.5. The molecule has 0 spiro atoms. The third-order valence-electron chi connectivity index (χ3n) is 6.03. The average Bonchev–Trinajstić information content (AvgIpc) is 2.38. The number of amides is 1. The van der Waals surface area contributed by atoms with Crippen molar-refractivity contribution in [1.82, 2.24) is 9.88 Å². The van der Waals surface area contributed by atoms with Crippen LogP contribution in [-0.4, -0.2) is 27.4 Å². The molecule has 0 bridgehead atoms. The fraction of sp³-hybridized carbons (Fsp3) is 0.700. The van der Waals surface area contributed by atoms with Gasteiger partial charge < -0.3 is 4.90 Å². The van der Waals surface area contributed by atoms with E-state index in [9.17, 15) is 4.79 Å². The van der Waals surface area contributed by atoms with Gasteiger partial charge in [0.1, 0.15) is 5.69 Å². The van der Waals surface area contributed by atoms with Gasteiger partial charge >= 0.3 is 0 Å². The molecular formula is C20H32N2O. The van der Waals surface area contributed by atoms with Gasteiger partial charge in [0.25, 0.3) is 5.91 Å². The SMILES string of the molecule is Cc1c(C(C)C)nc2c(c1C)C(C)(C)C(C)(C)N(C(C)C)C2=O. The summed E-state index contributed by atoms with van der Waals surface area (Å²) in [5.41, 5.74) is 4.89. The Labute approximate surface area is 141 Å². The van der Waals surface area contributed by atoms with Gasteiger partial charge in [-0.25, -0.2) is 4.98 Å². The number of fused-ring (bicyclic) bond motifs is 1. The van der Waals surface area contributed by atoms with E-state index in [-0.39, 0.29) is 22.9 Å². The Bertz CT molecular complexity index is 654. The molecule has 0 atom stereocenters. The molecule has 1 amide bonds. The quantitative estimate of drug-likeness (QED) is 0.789. The van der Waals surface area contributed by atoms with Crippen molar-refractivity contribution in [2.24, 2.45) is 0 Å². The van der Waals surface area contributed by atoms with Crippen LogP contribution in [0.2, 0.25) is 0 Å². The topological polar surface area (TPSA) is 33.2 Å². The maximum absolute atomic E-state index is 13.3. The van der Waals surface area contributed by atoms with Crippen molar-refractivity contribution in [1.29, 1.82) is 0 Å². The molecule has 23 heavy (non-hydrogen) atoms. The fourth-order valence-electron chi connectivity index (χ4n) is 4.15. The summed E-state index contributed by atoms with van der Waals surface area (Å²) >= 11 is 0. The summed E-state index contributed by atoms with van der Waals surface area (Å²) in [5, 5.41) is 0. The van der Waals surface area contributed by atoms with Crippen molar-refractivity contribution in [2.75, 3.05) is 0 Å². The van der Waals surface area contributed by atoms with Crippen molar-refractivity contribution < 1.29 is 4.79 Å². The maximum atomic E-state index is 13.3. The predicted octanol–water partition coefficient (Wildman–Crippen LogP) is 4.74. The van der Waals surface area contributed by atoms with Crippen molar-refractivity contribution in [3.63, 3.8) is 0 Å². The van der Waals surface area contributed by atoms with Crippen molar-refractivity contribution in [3.8, 4) is 0 Å². The molecule has 2 heterocycles. The zero-order valence-electron chi connectivity index (χ0n) is 16.5. The maximum Gasteiger partial charge on any atom is 0.273 e. The molecule has 3 heteroatoms. The highest BCUT2D eigenvalue weighted by Crippen LogP contribution is 2.47. The van der Waals surface area contributed by atoms with Crippen LogP contribution in [0.25, 0.3) is 0 Å². The molecule has 0 radical (unpaired) electrons. The van der Waals surface area contributed by atoms with E-state index < -0.39 is 0 Å². The molecule has 1 aromatic heterocycles. The molecule has 0 saturated carbocycles. The zero-order chi connectivity index (χ0) is 17.9. The van der Waals surface area contributed by atoms with E-state index in [0.717, 1.165) is 11.3 Å². The molecule has 0 saturated heterocycles. The summed E-state index contributed by atoms with van der Waals surface area (Å²) < 4.78 is 0. The van der Waals surface area contributed by atoms with Crippen LogP contribution >= 0.6 is 0 Å². The van der Waals surface area contributed by atoms with Crippen molar-refractivity contribution in [2.45, 2.75) is 92.2 Å². The lowest BCUT2D eigenvalue weighted by Gasteiger charge is -2.55. The van der Waals surface area contributed by atoms with Gasteiger partial charge in [-0.2, -0.15) is 0 Å². The first kappa shape index (κ1) is 18.0. The van der Waals surface area contributed by atoms with E-state index in [2.05, 4.69) is 69.2 Å². The van der Waals surface area contributed by atoms with E-state index in [1.807, 2.05) is 4.90 Å². The molecule has 0 N–H and O–H groups in total. The molecular weight excluding hydrogens is 284 g/mol. The monoisotopic (exact) mass is 316 g/mol. The summed E-state index contributed by atoms with van der Waals surface area (Å²) in [5.74, 6) is 0.390. The van der Waals surface area contributed by atoms with Crippen LogP contribution in [0.15, 0.2) is 0 Å². The molecule has 0 aromatic carbocycles. The second-order valence-electron chi connectivity index (χ2n) is 8.58. The molecule has 128 valence electrons. The van der Waals surface area contributed by atoms with Crippen LogP contribution in [-0.2, 0) is 5.41 Å². The lowest BCUT2D eigenvalue weighted by atomic mass is 9.63. The van der Waals surface area contributed by atoms with E-state index in [1.54, 1.807) is 0 Å². The largest absolute Gasteiger partial charge is 0.329 e. The number of hydrogen-bond acceptors (Lipinski definition) is 2. The highest BCUT2D eigenvalue weighted by Gasteiger charge is 2.53. The number of nitrogens with zero attached hydrogens (tertiary/aromatic N) is 2. The van der Waals surface area contributed by atoms with Crippen LogP contribution in [0.4, 0.5) is 0 Å². The average molecular weight is 316 g/mol. The number of hydrogen-bond donors (Lipinski definition) is 0. The first-order valence-corrected chi connectivity index (χ1v) is 8.70. The number of aromatic nitrogens is 1. The second-order valence-corrected chi connectivity index (χ2v) is 8.58. The van der Waals surface area contributed by atoms with Crippen LogP contribution < -0.4 is 0 Å². The zero-order valence-corrected chi connectivity index (χ0v) is 16.5. The minimum absolute atomic E-state index is 0.0734. The number of pyridine rings is 1. The number of carbonyl (C=O) groups is 1. The summed E-state index contributed by atoms with van der Waals surface area (Å²) in [4.78, 5) is 20.1. The molecule has 0 aliphatic carbocycles. The molecule has 2 rings (SSSR count). The number of carbonyl (C=O) groups excluding carboxylic acids is 1. The van der Waals surface area contributed by atoms with Crippen LogP contribution in [0.1, 0.15) is 94.2 Å². The number of rotatable bonds is 2. The first-order valence-electron chi connectivity index (χ1n) is 8.70. The molecule has 0 unspecified atom stereocenters. The van der Waals surface area contributed by atoms with Crippen LogP contribution in [0.3, 0.4) is 0 Å². The van der Waals surface area contributed by atoms with E-state index >= 15 is 0 Å². The van der Waals surface area contributed by atoms with Gasteiger partial charge in [0, 0.05) is 22.7 Å². The lowest BCUT2D eigenvalue weighted by Crippen LogP contribution is -2.64. The van der Waals surface area contributed by atoms with Gasteiger partial charge in [-0.05, 0) is 64.2 Å². The Morgan fingerprint density at radius 3 is 1.91 bits per heavy atom. The minimum Gasteiger partial charge on any atom is -0.329 e. The van der Waals surface area contributed by atoms with Gasteiger partial charge in [-0.1, -0.05) is 27.7 Å². The van der Waals surface area contributed by atoms with Crippen molar-refractivity contribution in [3.05, 3.63) is 28.1 Å². The molecule has 0 fully saturated rings.